The van der Waals surface area contributed by atoms with Crippen molar-refractivity contribution < 1.29 is 9.53 Å². The zero-order valence-corrected chi connectivity index (χ0v) is 14.8. The number of rotatable bonds is 4. The first kappa shape index (κ1) is 17.4. The molecular formula is C17H29N5O2. The van der Waals surface area contributed by atoms with E-state index < -0.39 is 0 Å². The molecule has 0 bridgehead atoms. The standard InChI is InChI=1S/C17H29N5O2/c1-3-15-18-16(20-19-15)14-12-22(10-11-24-14)17(23)13(2)21-8-6-4-5-7-9-21/h13-14H,3-12H2,1-2H3,(H,18,19,20). The molecule has 2 fully saturated rings. The maximum Gasteiger partial charge on any atom is 0.239 e. The van der Waals surface area contributed by atoms with Gasteiger partial charge in [-0.3, -0.25) is 14.8 Å². The zero-order chi connectivity index (χ0) is 16.9. The van der Waals surface area contributed by atoms with Crippen LogP contribution in [0.5, 0.6) is 0 Å². The quantitative estimate of drug-likeness (QED) is 0.903. The highest BCUT2D eigenvalue weighted by Gasteiger charge is 2.32. The molecule has 0 aromatic carbocycles. The summed E-state index contributed by atoms with van der Waals surface area (Å²) in [5.41, 5.74) is 0. The molecule has 2 unspecified atom stereocenters. The van der Waals surface area contributed by atoms with E-state index in [1.807, 2.05) is 18.7 Å². The first-order chi connectivity index (χ1) is 11.7. The summed E-state index contributed by atoms with van der Waals surface area (Å²) in [7, 11) is 0. The Morgan fingerprint density at radius 3 is 2.71 bits per heavy atom. The Balaban J connectivity index is 1.61. The van der Waals surface area contributed by atoms with Crippen LogP contribution >= 0.6 is 0 Å². The number of amides is 1. The second-order valence-corrected chi connectivity index (χ2v) is 6.76. The lowest BCUT2D eigenvalue weighted by molar-refractivity contribution is -0.144. The largest absolute Gasteiger partial charge is 0.366 e. The van der Waals surface area contributed by atoms with Crippen LogP contribution in [-0.4, -0.2) is 69.7 Å². The van der Waals surface area contributed by atoms with Gasteiger partial charge in [-0.2, -0.15) is 5.10 Å². The molecule has 7 heteroatoms. The Hall–Kier alpha value is -1.47. The van der Waals surface area contributed by atoms with Crippen molar-refractivity contribution in [1.29, 1.82) is 0 Å². The molecule has 1 amide bonds. The summed E-state index contributed by atoms with van der Waals surface area (Å²) in [4.78, 5) is 21.6. The normalized spacial score (nSPS) is 24.6. The van der Waals surface area contributed by atoms with Gasteiger partial charge in [-0.05, 0) is 32.9 Å². The molecule has 0 aliphatic carbocycles. The van der Waals surface area contributed by atoms with Gasteiger partial charge in [-0.1, -0.05) is 19.8 Å². The van der Waals surface area contributed by atoms with Crippen LogP contribution in [0.15, 0.2) is 0 Å². The fraction of sp³-hybridized carbons (Fsp3) is 0.824. The molecule has 0 saturated carbocycles. The van der Waals surface area contributed by atoms with E-state index in [1.54, 1.807) is 0 Å². The average molecular weight is 335 g/mol. The predicted molar refractivity (Wildman–Crippen MR) is 90.5 cm³/mol. The number of hydrogen-bond acceptors (Lipinski definition) is 5. The van der Waals surface area contributed by atoms with Gasteiger partial charge in [0.05, 0.1) is 19.2 Å². The summed E-state index contributed by atoms with van der Waals surface area (Å²) in [5.74, 6) is 1.72. The number of H-pyrrole nitrogens is 1. The smallest absolute Gasteiger partial charge is 0.239 e. The maximum atomic E-state index is 12.9. The van der Waals surface area contributed by atoms with Crippen molar-refractivity contribution in [3.05, 3.63) is 11.6 Å². The maximum absolute atomic E-state index is 12.9. The van der Waals surface area contributed by atoms with E-state index in [0.717, 1.165) is 25.3 Å². The SMILES string of the molecule is CCc1nc(C2CN(C(=O)C(C)N3CCCCCC3)CCO2)n[nH]1. The highest BCUT2D eigenvalue weighted by molar-refractivity contribution is 5.81. The fourth-order valence-electron chi connectivity index (χ4n) is 3.52. The lowest BCUT2D eigenvalue weighted by atomic mass is 10.2. The summed E-state index contributed by atoms with van der Waals surface area (Å²) in [6.07, 6.45) is 5.54. The number of nitrogens with one attached hydrogen (secondary N) is 1. The lowest BCUT2D eigenvalue weighted by Gasteiger charge is -2.36. The second-order valence-electron chi connectivity index (χ2n) is 6.76. The van der Waals surface area contributed by atoms with Crippen molar-refractivity contribution in [2.24, 2.45) is 0 Å². The van der Waals surface area contributed by atoms with E-state index >= 15 is 0 Å². The fourth-order valence-corrected chi connectivity index (χ4v) is 3.52. The van der Waals surface area contributed by atoms with Crippen LogP contribution in [0.1, 0.15) is 57.3 Å². The number of aromatic nitrogens is 3. The first-order valence-electron chi connectivity index (χ1n) is 9.24. The van der Waals surface area contributed by atoms with E-state index in [-0.39, 0.29) is 18.1 Å². The van der Waals surface area contributed by atoms with Crippen LogP contribution in [0.3, 0.4) is 0 Å². The zero-order valence-electron chi connectivity index (χ0n) is 14.8. The summed E-state index contributed by atoms with van der Waals surface area (Å²) < 4.78 is 5.79. The lowest BCUT2D eigenvalue weighted by Crippen LogP contribution is -2.51. The Morgan fingerprint density at radius 2 is 2.04 bits per heavy atom. The van der Waals surface area contributed by atoms with Crippen molar-refractivity contribution in [2.75, 3.05) is 32.8 Å². The van der Waals surface area contributed by atoms with E-state index in [4.69, 9.17) is 4.74 Å². The number of aryl methyl sites for hydroxylation is 1. The van der Waals surface area contributed by atoms with Gasteiger partial charge in [0.2, 0.25) is 5.91 Å². The molecule has 0 radical (unpaired) electrons. The molecule has 1 aromatic heterocycles. The molecule has 0 spiro atoms. The van der Waals surface area contributed by atoms with Crippen LogP contribution in [0.2, 0.25) is 0 Å². The van der Waals surface area contributed by atoms with E-state index in [9.17, 15) is 4.79 Å². The van der Waals surface area contributed by atoms with Gasteiger partial charge in [-0.15, -0.1) is 0 Å². The summed E-state index contributed by atoms with van der Waals surface area (Å²) >= 11 is 0. The number of carbonyl (C=O) groups is 1. The number of hydrogen-bond donors (Lipinski definition) is 1. The number of morpholine rings is 1. The molecule has 1 N–H and O–H groups in total. The van der Waals surface area contributed by atoms with E-state index in [1.165, 1.54) is 25.7 Å². The minimum Gasteiger partial charge on any atom is -0.366 e. The molecule has 2 saturated heterocycles. The van der Waals surface area contributed by atoms with Gasteiger partial charge < -0.3 is 9.64 Å². The summed E-state index contributed by atoms with van der Waals surface area (Å²) in [6.45, 7) is 7.86. The molecule has 3 heterocycles. The van der Waals surface area contributed by atoms with Gasteiger partial charge in [0, 0.05) is 13.0 Å². The molecule has 7 nitrogen and oxygen atoms in total. The number of carbonyl (C=O) groups excluding carboxylic acids is 1. The highest BCUT2D eigenvalue weighted by Crippen LogP contribution is 2.21. The van der Waals surface area contributed by atoms with Crippen molar-refractivity contribution in [2.45, 2.75) is 58.1 Å². The number of nitrogens with zero attached hydrogens (tertiary/aromatic N) is 4. The molecule has 3 rings (SSSR count). The number of ether oxygens (including phenoxy) is 1. The van der Waals surface area contributed by atoms with Gasteiger partial charge in [-0.25, -0.2) is 4.98 Å². The Labute approximate surface area is 143 Å². The molecule has 2 aliphatic heterocycles. The molecule has 2 atom stereocenters. The molecule has 2 aliphatic rings. The second kappa shape index (κ2) is 8.07. The third-order valence-corrected chi connectivity index (χ3v) is 5.10. The topological polar surface area (TPSA) is 74.3 Å². The van der Waals surface area contributed by atoms with Crippen molar-refractivity contribution in [3.8, 4) is 0 Å². The Kier molecular flexibility index (Phi) is 5.84. The molecule has 134 valence electrons. The molecule has 1 aromatic rings. The van der Waals surface area contributed by atoms with E-state index in [0.29, 0.717) is 25.5 Å². The highest BCUT2D eigenvalue weighted by atomic mass is 16.5. The third kappa shape index (κ3) is 3.95. The Bertz CT molecular complexity index is 539. The third-order valence-electron chi connectivity index (χ3n) is 5.10. The van der Waals surface area contributed by atoms with Crippen molar-refractivity contribution in [3.63, 3.8) is 0 Å². The molecular weight excluding hydrogens is 306 g/mol. The average Bonchev–Trinajstić information content (AvgIpc) is 2.95. The van der Waals surface area contributed by atoms with Gasteiger partial charge in [0.25, 0.3) is 0 Å². The summed E-state index contributed by atoms with van der Waals surface area (Å²) in [5, 5.41) is 7.17. The predicted octanol–water partition coefficient (Wildman–Crippen LogP) is 1.53. The molecule has 24 heavy (non-hydrogen) atoms. The van der Waals surface area contributed by atoms with Crippen LogP contribution in [0, 0.1) is 0 Å². The van der Waals surface area contributed by atoms with Gasteiger partial charge in [0.15, 0.2) is 5.82 Å². The number of likely N-dealkylation sites (tertiary alicyclic amines) is 1. The Morgan fingerprint density at radius 1 is 1.29 bits per heavy atom. The van der Waals surface area contributed by atoms with Gasteiger partial charge in [0.1, 0.15) is 11.9 Å². The first-order valence-corrected chi connectivity index (χ1v) is 9.24. The van der Waals surface area contributed by atoms with Crippen molar-refractivity contribution >= 4 is 5.91 Å². The number of aromatic amines is 1. The monoisotopic (exact) mass is 335 g/mol. The minimum atomic E-state index is -0.226. The van der Waals surface area contributed by atoms with Crippen molar-refractivity contribution in [1.82, 2.24) is 25.0 Å². The minimum absolute atomic E-state index is 0.0554. The summed E-state index contributed by atoms with van der Waals surface area (Å²) in [6, 6.07) is -0.0554. The van der Waals surface area contributed by atoms with E-state index in [2.05, 4.69) is 20.1 Å². The van der Waals surface area contributed by atoms with Crippen LogP contribution in [0.25, 0.3) is 0 Å². The van der Waals surface area contributed by atoms with Crippen LogP contribution in [0.4, 0.5) is 0 Å². The van der Waals surface area contributed by atoms with Gasteiger partial charge >= 0.3 is 0 Å². The van der Waals surface area contributed by atoms with Crippen LogP contribution < -0.4 is 0 Å². The van der Waals surface area contributed by atoms with Crippen LogP contribution in [-0.2, 0) is 16.0 Å².